The Balaban J connectivity index is 1.33. The van der Waals surface area contributed by atoms with E-state index in [9.17, 15) is 13.2 Å². The molecule has 1 amide bonds. The Labute approximate surface area is 201 Å². The standard InChI is InChI=1S/C27H30N2O4S/c1-21-10-16-26(17-11-21)34(31,32)29-20-6-5-7-23(29)18-19-28-27(30)22-12-14-25(15-13-22)33-24-8-3-2-4-9-24/h2-4,8-17,23H,5-7,18-20H2,1H3,(H,28,30). The molecule has 1 unspecified atom stereocenters. The number of rotatable bonds is 8. The lowest BCUT2D eigenvalue weighted by Crippen LogP contribution is -2.45. The number of para-hydroxylation sites is 1. The normalized spacial score (nSPS) is 16.7. The Morgan fingerprint density at radius 2 is 1.62 bits per heavy atom. The highest BCUT2D eigenvalue weighted by Gasteiger charge is 2.33. The summed E-state index contributed by atoms with van der Waals surface area (Å²) in [5, 5.41) is 2.93. The molecule has 1 N–H and O–H groups in total. The number of hydrogen-bond acceptors (Lipinski definition) is 4. The van der Waals surface area contributed by atoms with Crippen LogP contribution in [-0.2, 0) is 10.0 Å². The molecule has 0 radical (unpaired) electrons. The molecule has 0 bridgehead atoms. The third-order valence-corrected chi connectivity index (χ3v) is 8.03. The number of sulfonamides is 1. The minimum absolute atomic E-state index is 0.123. The van der Waals surface area contributed by atoms with E-state index >= 15 is 0 Å². The predicted octanol–water partition coefficient (Wildman–Crippen LogP) is 5.15. The van der Waals surface area contributed by atoms with Gasteiger partial charge >= 0.3 is 0 Å². The van der Waals surface area contributed by atoms with E-state index in [0.29, 0.717) is 35.7 Å². The van der Waals surface area contributed by atoms with E-state index < -0.39 is 10.0 Å². The second-order valence-corrected chi connectivity index (χ2v) is 10.5. The van der Waals surface area contributed by atoms with Gasteiger partial charge in [-0.05, 0) is 74.7 Å². The number of amides is 1. The maximum atomic E-state index is 13.2. The van der Waals surface area contributed by atoms with Gasteiger partial charge in [-0.25, -0.2) is 8.42 Å². The monoisotopic (exact) mass is 478 g/mol. The van der Waals surface area contributed by atoms with Gasteiger partial charge in [-0.2, -0.15) is 4.31 Å². The Morgan fingerprint density at radius 3 is 2.32 bits per heavy atom. The smallest absolute Gasteiger partial charge is 0.251 e. The molecule has 0 aromatic heterocycles. The first-order valence-electron chi connectivity index (χ1n) is 11.6. The zero-order valence-corrected chi connectivity index (χ0v) is 20.1. The summed E-state index contributed by atoms with van der Waals surface area (Å²) in [5.41, 5.74) is 1.56. The van der Waals surface area contributed by atoms with Crippen LogP contribution in [0.3, 0.4) is 0 Å². The van der Waals surface area contributed by atoms with Gasteiger partial charge in [-0.15, -0.1) is 0 Å². The fraction of sp³-hybridized carbons (Fsp3) is 0.296. The van der Waals surface area contributed by atoms with E-state index in [4.69, 9.17) is 4.74 Å². The van der Waals surface area contributed by atoms with Gasteiger partial charge in [0.15, 0.2) is 0 Å². The van der Waals surface area contributed by atoms with Crippen molar-refractivity contribution in [3.05, 3.63) is 90.0 Å². The lowest BCUT2D eigenvalue weighted by Gasteiger charge is -2.34. The van der Waals surface area contributed by atoms with Gasteiger partial charge in [0.1, 0.15) is 11.5 Å². The molecule has 0 aliphatic carbocycles. The summed E-state index contributed by atoms with van der Waals surface area (Å²) in [6.07, 6.45) is 3.21. The molecule has 6 nitrogen and oxygen atoms in total. The second kappa shape index (κ2) is 10.8. The van der Waals surface area contributed by atoms with Crippen molar-refractivity contribution in [2.75, 3.05) is 13.1 Å². The molecule has 178 valence electrons. The number of nitrogens with one attached hydrogen (secondary N) is 1. The summed E-state index contributed by atoms with van der Waals surface area (Å²) in [7, 11) is -3.55. The van der Waals surface area contributed by atoms with Gasteiger partial charge in [0.05, 0.1) is 4.90 Å². The molecule has 1 aliphatic rings. The maximum Gasteiger partial charge on any atom is 0.251 e. The molecular formula is C27H30N2O4S. The fourth-order valence-electron chi connectivity index (χ4n) is 4.18. The number of nitrogens with zero attached hydrogens (tertiary/aromatic N) is 1. The van der Waals surface area contributed by atoms with E-state index in [1.807, 2.05) is 49.4 Å². The van der Waals surface area contributed by atoms with Crippen LogP contribution in [-0.4, -0.2) is 37.8 Å². The largest absolute Gasteiger partial charge is 0.457 e. The van der Waals surface area contributed by atoms with Gasteiger partial charge < -0.3 is 10.1 Å². The first-order valence-corrected chi connectivity index (χ1v) is 13.1. The van der Waals surface area contributed by atoms with Crippen molar-refractivity contribution in [1.29, 1.82) is 0 Å². The lowest BCUT2D eigenvalue weighted by molar-refractivity contribution is 0.0949. The Kier molecular flexibility index (Phi) is 7.65. The highest BCUT2D eigenvalue weighted by Crippen LogP contribution is 2.27. The number of piperidine rings is 1. The summed E-state index contributed by atoms with van der Waals surface area (Å²) in [6, 6.07) is 23.3. The quantitative estimate of drug-likeness (QED) is 0.486. The molecule has 7 heteroatoms. The predicted molar refractivity (Wildman–Crippen MR) is 133 cm³/mol. The van der Waals surface area contributed by atoms with Crippen LogP contribution in [0.1, 0.15) is 41.6 Å². The molecule has 3 aromatic carbocycles. The molecule has 1 atom stereocenters. The minimum atomic E-state index is -3.55. The number of aryl methyl sites for hydroxylation is 1. The number of benzene rings is 3. The molecule has 1 saturated heterocycles. The van der Waals surface area contributed by atoms with Crippen LogP contribution in [0.2, 0.25) is 0 Å². The summed E-state index contributed by atoms with van der Waals surface area (Å²) in [4.78, 5) is 12.9. The van der Waals surface area contributed by atoms with Crippen molar-refractivity contribution in [2.24, 2.45) is 0 Å². The zero-order chi connectivity index (χ0) is 24.0. The number of ether oxygens (including phenoxy) is 1. The summed E-state index contributed by atoms with van der Waals surface area (Å²) in [6.45, 7) is 2.86. The van der Waals surface area contributed by atoms with Gasteiger partial charge in [0.25, 0.3) is 5.91 Å². The molecule has 4 rings (SSSR count). The SMILES string of the molecule is Cc1ccc(S(=O)(=O)N2CCCCC2CCNC(=O)c2ccc(Oc3ccccc3)cc2)cc1. The van der Waals surface area contributed by atoms with E-state index in [0.717, 1.165) is 30.6 Å². The fourth-order valence-corrected chi connectivity index (χ4v) is 5.90. The number of carbonyl (C=O) groups excluding carboxylic acids is 1. The summed E-state index contributed by atoms with van der Waals surface area (Å²) >= 11 is 0. The highest BCUT2D eigenvalue weighted by atomic mass is 32.2. The molecule has 1 heterocycles. The van der Waals surface area contributed by atoms with E-state index in [1.54, 1.807) is 40.7 Å². The van der Waals surface area contributed by atoms with Crippen molar-refractivity contribution in [3.8, 4) is 11.5 Å². The van der Waals surface area contributed by atoms with Crippen molar-refractivity contribution in [1.82, 2.24) is 9.62 Å². The van der Waals surface area contributed by atoms with Crippen LogP contribution in [0, 0.1) is 6.92 Å². The van der Waals surface area contributed by atoms with Crippen LogP contribution >= 0.6 is 0 Å². The average molecular weight is 479 g/mol. The Morgan fingerprint density at radius 1 is 0.941 bits per heavy atom. The van der Waals surface area contributed by atoms with Gasteiger partial charge in [-0.1, -0.05) is 42.3 Å². The Hall–Kier alpha value is -3.16. The third kappa shape index (κ3) is 5.85. The zero-order valence-electron chi connectivity index (χ0n) is 19.3. The topological polar surface area (TPSA) is 75.7 Å². The summed E-state index contributed by atoms with van der Waals surface area (Å²) in [5.74, 6) is 1.20. The van der Waals surface area contributed by atoms with E-state index in [1.165, 1.54) is 0 Å². The van der Waals surface area contributed by atoms with Crippen molar-refractivity contribution >= 4 is 15.9 Å². The highest BCUT2D eigenvalue weighted by molar-refractivity contribution is 7.89. The first kappa shape index (κ1) is 24.0. The Bertz CT molecular complexity index is 1190. The third-order valence-electron chi connectivity index (χ3n) is 6.06. The van der Waals surface area contributed by atoms with Gasteiger partial charge in [0, 0.05) is 24.7 Å². The van der Waals surface area contributed by atoms with Crippen molar-refractivity contribution in [2.45, 2.75) is 43.5 Å². The molecule has 1 aliphatic heterocycles. The molecule has 0 spiro atoms. The van der Waals surface area contributed by atoms with Crippen LogP contribution in [0.5, 0.6) is 11.5 Å². The molecular weight excluding hydrogens is 448 g/mol. The average Bonchev–Trinajstić information content (AvgIpc) is 2.85. The van der Waals surface area contributed by atoms with Crippen LogP contribution in [0.15, 0.2) is 83.8 Å². The van der Waals surface area contributed by atoms with E-state index in [-0.39, 0.29) is 11.9 Å². The van der Waals surface area contributed by atoms with E-state index in [2.05, 4.69) is 5.32 Å². The minimum Gasteiger partial charge on any atom is -0.457 e. The number of carbonyl (C=O) groups is 1. The van der Waals surface area contributed by atoms with Crippen LogP contribution < -0.4 is 10.1 Å². The molecule has 34 heavy (non-hydrogen) atoms. The maximum absolute atomic E-state index is 13.2. The van der Waals surface area contributed by atoms with Gasteiger partial charge in [0.2, 0.25) is 10.0 Å². The van der Waals surface area contributed by atoms with Crippen molar-refractivity contribution < 1.29 is 17.9 Å². The van der Waals surface area contributed by atoms with Crippen LogP contribution in [0.25, 0.3) is 0 Å². The van der Waals surface area contributed by atoms with Crippen LogP contribution in [0.4, 0.5) is 0 Å². The molecule has 1 fully saturated rings. The lowest BCUT2D eigenvalue weighted by atomic mass is 10.0. The van der Waals surface area contributed by atoms with Gasteiger partial charge in [-0.3, -0.25) is 4.79 Å². The van der Waals surface area contributed by atoms with Crippen molar-refractivity contribution in [3.63, 3.8) is 0 Å². The summed E-state index contributed by atoms with van der Waals surface area (Å²) < 4.78 is 33.8. The molecule has 0 saturated carbocycles. The second-order valence-electron chi connectivity index (χ2n) is 8.56. The number of hydrogen-bond donors (Lipinski definition) is 1. The molecule has 3 aromatic rings. The first-order chi connectivity index (χ1) is 16.4.